The van der Waals surface area contributed by atoms with E-state index in [9.17, 15) is 0 Å². The maximum atomic E-state index is 3.39. The van der Waals surface area contributed by atoms with Crippen molar-refractivity contribution in [1.29, 1.82) is 0 Å². The average Bonchev–Trinajstić information content (AvgIpc) is 1.97. The Labute approximate surface area is 57.1 Å². The molecule has 1 heteroatoms. The Balaban J connectivity index is 2.43. The van der Waals surface area contributed by atoms with Gasteiger partial charge in [-0.15, -0.1) is 0 Å². The molecule has 1 heterocycles. The SMILES string of the molecule is C[C@@H]1C=C[C@H](C)NCC1. The van der Waals surface area contributed by atoms with Gasteiger partial charge in [0, 0.05) is 6.04 Å². The van der Waals surface area contributed by atoms with Gasteiger partial charge in [-0.25, -0.2) is 0 Å². The van der Waals surface area contributed by atoms with Gasteiger partial charge in [0.05, 0.1) is 0 Å². The molecule has 0 spiro atoms. The van der Waals surface area contributed by atoms with Crippen LogP contribution in [0.4, 0.5) is 0 Å². The van der Waals surface area contributed by atoms with E-state index in [1.54, 1.807) is 0 Å². The number of nitrogens with one attached hydrogen (secondary N) is 1. The third-order valence-corrected chi connectivity index (χ3v) is 1.79. The van der Waals surface area contributed by atoms with Crippen molar-refractivity contribution in [1.82, 2.24) is 5.32 Å². The van der Waals surface area contributed by atoms with Gasteiger partial charge in [0.2, 0.25) is 0 Å². The lowest BCUT2D eigenvalue weighted by atomic mass is 10.1. The predicted molar refractivity (Wildman–Crippen MR) is 40.4 cm³/mol. The molecule has 0 fully saturated rings. The van der Waals surface area contributed by atoms with Crippen LogP contribution in [0.2, 0.25) is 0 Å². The van der Waals surface area contributed by atoms with E-state index in [0.717, 1.165) is 12.5 Å². The van der Waals surface area contributed by atoms with Crippen molar-refractivity contribution in [3.05, 3.63) is 12.2 Å². The first-order valence-corrected chi connectivity index (χ1v) is 3.71. The summed E-state index contributed by atoms with van der Waals surface area (Å²) >= 11 is 0. The molecule has 1 aliphatic rings. The standard InChI is InChI=1S/C8H15N/c1-7-3-4-8(2)9-6-5-7/h3-4,7-9H,5-6H2,1-2H3/t7-,8+/m1/s1. The normalized spacial score (nSPS) is 36.2. The Hall–Kier alpha value is -0.300. The van der Waals surface area contributed by atoms with Gasteiger partial charge in [0.1, 0.15) is 0 Å². The van der Waals surface area contributed by atoms with Gasteiger partial charge in [-0.1, -0.05) is 19.1 Å². The number of allylic oxidation sites excluding steroid dienone is 1. The molecule has 1 N–H and O–H groups in total. The highest BCUT2D eigenvalue weighted by atomic mass is 14.9. The van der Waals surface area contributed by atoms with E-state index in [4.69, 9.17) is 0 Å². The van der Waals surface area contributed by atoms with Crippen LogP contribution in [0.15, 0.2) is 12.2 Å². The quantitative estimate of drug-likeness (QED) is 0.484. The fraction of sp³-hybridized carbons (Fsp3) is 0.750. The molecule has 1 nitrogen and oxygen atoms in total. The van der Waals surface area contributed by atoms with Crippen LogP contribution >= 0.6 is 0 Å². The fourth-order valence-corrected chi connectivity index (χ4v) is 1.06. The fourth-order valence-electron chi connectivity index (χ4n) is 1.06. The highest BCUT2D eigenvalue weighted by Gasteiger charge is 2.03. The zero-order valence-electron chi connectivity index (χ0n) is 6.22. The van der Waals surface area contributed by atoms with Crippen LogP contribution in [-0.2, 0) is 0 Å². The highest BCUT2D eigenvalue weighted by Crippen LogP contribution is 2.06. The second kappa shape index (κ2) is 3.02. The van der Waals surface area contributed by atoms with Gasteiger partial charge in [-0.05, 0) is 25.8 Å². The van der Waals surface area contributed by atoms with Crippen molar-refractivity contribution in [2.75, 3.05) is 6.54 Å². The lowest BCUT2D eigenvalue weighted by molar-refractivity contribution is 0.578. The first kappa shape index (κ1) is 6.81. The van der Waals surface area contributed by atoms with Crippen molar-refractivity contribution < 1.29 is 0 Å². The van der Waals surface area contributed by atoms with Crippen LogP contribution in [0.1, 0.15) is 20.3 Å². The molecular weight excluding hydrogens is 110 g/mol. The summed E-state index contributed by atoms with van der Waals surface area (Å²) in [5.41, 5.74) is 0. The summed E-state index contributed by atoms with van der Waals surface area (Å²) in [6, 6.07) is 0.579. The van der Waals surface area contributed by atoms with Gasteiger partial charge >= 0.3 is 0 Å². The van der Waals surface area contributed by atoms with Gasteiger partial charge in [0.15, 0.2) is 0 Å². The van der Waals surface area contributed by atoms with Crippen LogP contribution in [0.5, 0.6) is 0 Å². The Morgan fingerprint density at radius 2 is 2.11 bits per heavy atom. The lowest BCUT2D eigenvalue weighted by Gasteiger charge is -2.04. The molecule has 0 bridgehead atoms. The van der Waals surface area contributed by atoms with Gasteiger partial charge < -0.3 is 5.32 Å². The Morgan fingerprint density at radius 1 is 1.33 bits per heavy atom. The minimum atomic E-state index is 0.579. The monoisotopic (exact) mass is 125 g/mol. The van der Waals surface area contributed by atoms with E-state index in [2.05, 4.69) is 31.3 Å². The second-order valence-corrected chi connectivity index (χ2v) is 2.89. The van der Waals surface area contributed by atoms with E-state index in [1.807, 2.05) is 0 Å². The molecule has 52 valence electrons. The molecule has 0 saturated heterocycles. The molecule has 0 amide bonds. The van der Waals surface area contributed by atoms with Gasteiger partial charge in [-0.3, -0.25) is 0 Å². The average molecular weight is 125 g/mol. The maximum Gasteiger partial charge on any atom is 0.0221 e. The molecule has 0 aromatic rings. The highest BCUT2D eigenvalue weighted by molar-refractivity contribution is 4.96. The first-order chi connectivity index (χ1) is 4.29. The van der Waals surface area contributed by atoms with Crippen molar-refractivity contribution in [2.24, 2.45) is 5.92 Å². The first-order valence-electron chi connectivity index (χ1n) is 3.71. The van der Waals surface area contributed by atoms with Crippen molar-refractivity contribution in [3.63, 3.8) is 0 Å². The molecule has 0 aliphatic carbocycles. The molecule has 1 aliphatic heterocycles. The molecule has 0 saturated carbocycles. The second-order valence-electron chi connectivity index (χ2n) is 2.89. The zero-order chi connectivity index (χ0) is 6.69. The van der Waals surface area contributed by atoms with Crippen molar-refractivity contribution >= 4 is 0 Å². The lowest BCUT2D eigenvalue weighted by Crippen LogP contribution is -2.23. The molecule has 0 unspecified atom stereocenters. The van der Waals surface area contributed by atoms with Gasteiger partial charge in [-0.2, -0.15) is 0 Å². The summed E-state index contributed by atoms with van der Waals surface area (Å²) < 4.78 is 0. The largest absolute Gasteiger partial charge is 0.311 e. The minimum absolute atomic E-state index is 0.579. The van der Waals surface area contributed by atoms with E-state index >= 15 is 0 Å². The topological polar surface area (TPSA) is 12.0 Å². The van der Waals surface area contributed by atoms with Crippen LogP contribution < -0.4 is 5.32 Å². The molecular formula is C8H15N. The molecule has 9 heavy (non-hydrogen) atoms. The predicted octanol–water partition coefficient (Wildman–Crippen LogP) is 1.56. The van der Waals surface area contributed by atoms with Crippen LogP contribution in [-0.4, -0.2) is 12.6 Å². The zero-order valence-corrected chi connectivity index (χ0v) is 6.22. The molecule has 1 rings (SSSR count). The summed E-state index contributed by atoms with van der Waals surface area (Å²) in [6.45, 7) is 5.61. The van der Waals surface area contributed by atoms with Crippen LogP contribution in [0, 0.1) is 5.92 Å². The Morgan fingerprint density at radius 3 is 2.89 bits per heavy atom. The summed E-state index contributed by atoms with van der Waals surface area (Å²) in [5, 5.41) is 3.39. The molecule has 2 atom stereocenters. The summed E-state index contributed by atoms with van der Waals surface area (Å²) in [7, 11) is 0. The number of hydrogen-bond donors (Lipinski definition) is 1. The summed E-state index contributed by atoms with van der Waals surface area (Å²) in [6.07, 6.45) is 5.82. The van der Waals surface area contributed by atoms with E-state index < -0.39 is 0 Å². The summed E-state index contributed by atoms with van der Waals surface area (Å²) in [5.74, 6) is 0.766. The Bertz CT molecular complexity index is 95.1. The van der Waals surface area contributed by atoms with Crippen LogP contribution in [0.3, 0.4) is 0 Å². The van der Waals surface area contributed by atoms with E-state index in [1.165, 1.54) is 6.42 Å². The molecule has 0 radical (unpaired) electrons. The maximum absolute atomic E-state index is 3.39. The van der Waals surface area contributed by atoms with Crippen molar-refractivity contribution in [3.8, 4) is 0 Å². The van der Waals surface area contributed by atoms with Crippen molar-refractivity contribution in [2.45, 2.75) is 26.3 Å². The Kier molecular flexibility index (Phi) is 2.29. The van der Waals surface area contributed by atoms with Crippen LogP contribution in [0.25, 0.3) is 0 Å². The molecule has 0 aromatic carbocycles. The van der Waals surface area contributed by atoms with E-state index in [0.29, 0.717) is 6.04 Å². The van der Waals surface area contributed by atoms with E-state index in [-0.39, 0.29) is 0 Å². The molecule has 0 aromatic heterocycles. The smallest absolute Gasteiger partial charge is 0.0221 e. The third-order valence-electron chi connectivity index (χ3n) is 1.79. The summed E-state index contributed by atoms with van der Waals surface area (Å²) in [4.78, 5) is 0. The van der Waals surface area contributed by atoms with Gasteiger partial charge in [0.25, 0.3) is 0 Å². The number of rotatable bonds is 0. The minimum Gasteiger partial charge on any atom is -0.311 e. The number of hydrogen-bond acceptors (Lipinski definition) is 1. The third kappa shape index (κ3) is 2.19.